The summed E-state index contributed by atoms with van der Waals surface area (Å²) in [5.74, 6) is 0. The molecule has 62 valence electrons. The normalized spacial score (nSPS) is 21.6. The maximum Gasteiger partial charge on any atom is 0.106 e. The maximum atomic E-state index is 5.20. The van der Waals surface area contributed by atoms with Crippen LogP contribution in [0.5, 0.6) is 0 Å². The highest BCUT2D eigenvalue weighted by Crippen LogP contribution is 2.30. The largest absolute Gasteiger partial charge is 0.368 e. The summed E-state index contributed by atoms with van der Waals surface area (Å²) in [5, 5.41) is 0. The van der Waals surface area contributed by atoms with Crippen LogP contribution in [-0.2, 0) is 4.74 Å². The Morgan fingerprint density at radius 2 is 2.33 bits per heavy atom. The van der Waals surface area contributed by atoms with Crippen LogP contribution in [0.1, 0.15) is 24.2 Å². The first-order chi connectivity index (χ1) is 5.90. The number of hydrogen-bond donors (Lipinski definition) is 0. The topological polar surface area (TPSA) is 12.5 Å². The minimum Gasteiger partial charge on any atom is -0.368 e. The van der Waals surface area contributed by atoms with Gasteiger partial charge in [0.2, 0.25) is 0 Å². The van der Waals surface area contributed by atoms with Crippen LogP contribution in [0.4, 0.5) is 0 Å². The molecule has 0 radical (unpaired) electrons. The van der Waals surface area contributed by atoms with Crippen LogP contribution in [0, 0.1) is 0 Å². The summed E-state index contributed by atoms with van der Waals surface area (Å²) in [7, 11) is 0. The Balaban J connectivity index is 2.26. The van der Waals surface area contributed by atoms with Crippen molar-refractivity contribution in [3.05, 3.63) is 41.5 Å². The molecule has 1 nitrogen and oxygen atoms in total. The predicted molar refractivity (Wildman–Crippen MR) is 49.8 cm³/mol. The van der Waals surface area contributed by atoms with Crippen molar-refractivity contribution in [2.75, 3.05) is 6.61 Å². The average Bonchev–Trinajstić information content (AvgIpc) is 2.88. The molecular formula is C11H12O. The molecule has 1 heteroatoms. The molecule has 0 unspecified atom stereocenters. The van der Waals surface area contributed by atoms with Gasteiger partial charge in [0, 0.05) is 0 Å². The average molecular weight is 160 g/mol. The van der Waals surface area contributed by atoms with Gasteiger partial charge in [-0.25, -0.2) is 0 Å². The van der Waals surface area contributed by atoms with Gasteiger partial charge in [-0.05, 0) is 24.1 Å². The summed E-state index contributed by atoms with van der Waals surface area (Å²) in [5.41, 5.74) is 2.55. The van der Waals surface area contributed by atoms with Gasteiger partial charge in [0.15, 0.2) is 0 Å². The molecule has 1 aliphatic rings. The molecule has 1 aromatic rings. The van der Waals surface area contributed by atoms with E-state index in [2.05, 4.69) is 30.3 Å². The second-order valence-corrected chi connectivity index (χ2v) is 2.99. The fraction of sp³-hybridized carbons (Fsp3) is 0.273. The first-order valence-corrected chi connectivity index (χ1v) is 4.24. The molecule has 1 heterocycles. The van der Waals surface area contributed by atoms with Gasteiger partial charge in [-0.15, -0.1) is 0 Å². The third-order valence-electron chi connectivity index (χ3n) is 1.97. The van der Waals surface area contributed by atoms with E-state index in [1.807, 2.05) is 13.0 Å². The summed E-state index contributed by atoms with van der Waals surface area (Å²) >= 11 is 0. The molecule has 0 saturated carbocycles. The number of hydrogen-bond acceptors (Lipinski definition) is 1. The predicted octanol–water partition coefficient (Wildman–Crippen LogP) is 2.79. The summed E-state index contributed by atoms with van der Waals surface area (Å²) in [6, 6.07) is 8.47. The van der Waals surface area contributed by atoms with Crippen molar-refractivity contribution in [2.45, 2.75) is 13.0 Å². The Hall–Kier alpha value is -1.08. The Morgan fingerprint density at radius 1 is 1.50 bits per heavy atom. The molecule has 0 N–H and O–H groups in total. The van der Waals surface area contributed by atoms with E-state index in [1.165, 1.54) is 11.1 Å². The van der Waals surface area contributed by atoms with Crippen LogP contribution in [0.25, 0.3) is 6.08 Å². The van der Waals surface area contributed by atoms with Crippen molar-refractivity contribution in [1.29, 1.82) is 0 Å². The minimum absolute atomic E-state index is 0.371. The molecule has 1 aliphatic heterocycles. The first kappa shape index (κ1) is 7.56. The molecule has 1 aromatic carbocycles. The quantitative estimate of drug-likeness (QED) is 0.606. The number of benzene rings is 1. The van der Waals surface area contributed by atoms with Crippen molar-refractivity contribution in [2.24, 2.45) is 0 Å². The lowest BCUT2D eigenvalue weighted by atomic mass is 10.1. The Kier molecular flexibility index (Phi) is 1.96. The summed E-state index contributed by atoms with van der Waals surface area (Å²) in [4.78, 5) is 0. The van der Waals surface area contributed by atoms with Gasteiger partial charge in [0.1, 0.15) is 6.10 Å². The Labute approximate surface area is 72.7 Å². The van der Waals surface area contributed by atoms with Gasteiger partial charge in [-0.3, -0.25) is 0 Å². The van der Waals surface area contributed by atoms with E-state index in [0.717, 1.165) is 6.61 Å². The first-order valence-electron chi connectivity index (χ1n) is 4.24. The van der Waals surface area contributed by atoms with E-state index >= 15 is 0 Å². The zero-order valence-electron chi connectivity index (χ0n) is 7.16. The molecule has 1 atom stereocenters. The van der Waals surface area contributed by atoms with Gasteiger partial charge >= 0.3 is 0 Å². The highest BCUT2D eigenvalue weighted by molar-refractivity contribution is 5.50. The van der Waals surface area contributed by atoms with E-state index < -0.39 is 0 Å². The van der Waals surface area contributed by atoms with E-state index in [1.54, 1.807) is 0 Å². The number of ether oxygens (including phenoxy) is 1. The lowest BCUT2D eigenvalue weighted by molar-refractivity contribution is 0.415. The van der Waals surface area contributed by atoms with Gasteiger partial charge < -0.3 is 4.74 Å². The summed E-state index contributed by atoms with van der Waals surface area (Å²) < 4.78 is 5.20. The molecule has 1 saturated heterocycles. The van der Waals surface area contributed by atoms with Crippen LogP contribution in [-0.4, -0.2) is 6.61 Å². The Bertz CT molecular complexity index is 298. The van der Waals surface area contributed by atoms with Crippen molar-refractivity contribution in [3.63, 3.8) is 0 Å². The van der Waals surface area contributed by atoms with E-state index in [9.17, 15) is 0 Å². The molecule has 2 rings (SSSR count). The fourth-order valence-electron chi connectivity index (χ4n) is 1.30. The van der Waals surface area contributed by atoms with E-state index in [-0.39, 0.29) is 0 Å². The second-order valence-electron chi connectivity index (χ2n) is 2.99. The molecule has 0 aromatic heterocycles. The van der Waals surface area contributed by atoms with Gasteiger partial charge in [-0.1, -0.05) is 30.4 Å². The molecule has 1 fully saturated rings. The standard InChI is InChI=1S/C11H12O/c1-2-4-9-5-3-6-10(7-9)11-8-12-11/h2-7,11H,8H2,1H3/b4-2+/t11-/m1/s1. The third kappa shape index (κ3) is 1.56. The molecule has 0 aliphatic carbocycles. The monoisotopic (exact) mass is 160 g/mol. The van der Waals surface area contributed by atoms with Gasteiger partial charge in [0.05, 0.1) is 6.61 Å². The maximum absolute atomic E-state index is 5.20. The SMILES string of the molecule is C/C=C/c1cccc([C@H]2CO2)c1. The molecular weight excluding hydrogens is 148 g/mol. The zero-order valence-corrected chi connectivity index (χ0v) is 7.16. The zero-order chi connectivity index (χ0) is 8.39. The van der Waals surface area contributed by atoms with Gasteiger partial charge in [0.25, 0.3) is 0 Å². The van der Waals surface area contributed by atoms with Crippen molar-refractivity contribution in [1.82, 2.24) is 0 Å². The number of epoxide rings is 1. The fourth-order valence-corrected chi connectivity index (χ4v) is 1.30. The summed E-state index contributed by atoms with van der Waals surface area (Å²) in [6.45, 7) is 2.92. The highest BCUT2D eigenvalue weighted by Gasteiger charge is 2.24. The molecule has 0 bridgehead atoms. The second kappa shape index (κ2) is 3.11. The number of allylic oxidation sites excluding steroid dienone is 1. The number of rotatable bonds is 2. The molecule has 12 heavy (non-hydrogen) atoms. The van der Waals surface area contributed by atoms with Crippen molar-refractivity contribution < 1.29 is 4.74 Å². The Morgan fingerprint density at radius 3 is 3.00 bits per heavy atom. The van der Waals surface area contributed by atoms with Crippen LogP contribution >= 0.6 is 0 Å². The van der Waals surface area contributed by atoms with Crippen LogP contribution in [0.3, 0.4) is 0 Å². The van der Waals surface area contributed by atoms with Crippen LogP contribution < -0.4 is 0 Å². The lowest BCUT2D eigenvalue weighted by Crippen LogP contribution is -1.80. The van der Waals surface area contributed by atoms with Gasteiger partial charge in [-0.2, -0.15) is 0 Å². The van der Waals surface area contributed by atoms with E-state index in [0.29, 0.717) is 6.10 Å². The highest BCUT2D eigenvalue weighted by atomic mass is 16.6. The van der Waals surface area contributed by atoms with Crippen LogP contribution in [0.2, 0.25) is 0 Å². The molecule has 0 amide bonds. The lowest BCUT2D eigenvalue weighted by Gasteiger charge is -1.96. The van der Waals surface area contributed by atoms with Crippen LogP contribution in [0.15, 0.2) is 30.3 Å². The molecule has 0 spiro atoms. The van der Waals surface area contributed by atoms with Crippen molar-refractivity contribution in [3.8, 4) is 0 Å². The van der Waals surface area contributed by atoms with E-state index in [4.69, 9.17) is 4.74 Å². The minimum atomic E-state index is 0.371. The van der Waals surface area contributed by atoms with Crippen molar-refractivity contribution >= 4 is 6.08 Å². The third-order valence-corrected chi connectivity index (χ3v) is 1.97. The smallest absolute Gasteiger partial charge is 0.106 e. The summed E-state index contributed by atoms with van der Waals surface area (Å²) in [6.07, 6.45) is 4.52.